The number of carbonyl (C=O) groups excluding carboxylic acids is 2. The van der Waals surface area contributed by atoms with Gasteiger partial charge in [0.1, 0.15) is 23.1 Å². The minimum atomic E-state index is -0.221. The fourth-order valence-corrected chi connectivity index (χ4v) is 5.63. The van der Waals surface area contributed by atoms with Crippen LogP contribution in [0.5, 0.6) is 0 Å². The van der Waals surface area contributed by atoms with Crippen molar-refractivity contribution in [3.05, 3.63) is 152 Å². The summed E-state index contributed by atoms with van der Waals surface area (Å²) < 4.78 is 1.76. The standard InChI is InChI=1S/C34H24Br2N4O2/c35-27-15-7-13-25(21-27)31-37-29(19-23-9-3-1-4-10-23)33(41)39(31)17-18-40-32(26-14-8-16-28(36)22-26)38-30(34(40)42)20-24-11-5-2-6-12-24/h1-16,19-22H,17-18H2. The Morgan fingerprint density at radius 1 is 0.548 bits per heavy atom. The van der Waals surface area contributed by atoms with Gasteiger partial charge in [0.25, 0.3) is 11.8 Å². The van der Waals surface area contributed by atoms with Crippen molar-refractivity contribution in [1.82, 2.24) is 9.80 Å². The van der Waals surface area contributed by atoms with Gasteiger partial charge in [-0.05, 0) is 47.5 Å². The van der Waals surface area contributed by atoms with E-state index in [1.807, 2.05) is 109 Å². The van der Waals surface area contributed by atoms with E-state index in [0.717, 1.165) is 31.2 Å². The highest BCUT2D eigenvalue weighted by atomic mass is 79.9. The van der Waals surface area contributed by atoms with Gasteiger partial charge in [-0.15, -0.1) is 0 Å². The average molecular weight is 680 g/mol. The second-order valence-electron chi connectivity index (χ2n) is 9.69. The highest BCUT2D eigenvalue weighted by Crippen LogP contribution is 2.27. The summed E-state index contributed by atoms with van der Waals surface area (Å²) in [4.78, 5) is 40.3. The summed E-state index contributed by atoms with van der Waals surface area (Å²) in [5.74, 6) is 0.634. The first-order chi connectivity index (χ1) is 20.5. The molecule has 0 bridgehead atoms. The fraction of sp³-hybridized carbons (Fsp3) is 0.0588. The Labute approximate surface area is 260 Å². The van der Waals surface area contributed by atoms with E-state index in [-0.39, 0.29) is 24.9 Å². The summed E-state index contributed by atoms with van der Waals surface area (Å²) in [5.41, 5.74) is 4.05. The van der Waals surface area contributed by atoms with E-state index in [0.29, 0.717) is 23.1 Å². The molecule has 2 amide bonds. The molecule has 2 aliphatic rings. The molecule has 6 nitrogen and oxygen atoms in total. The average Bonchev–Trinajstić information content (AvgIpc) is 3.48. The Morgan fingerprint density at radius 2 is 0.952 bits per heavy atom. The van der Waals surface area contributed by atoms with Crippen LogP contribution in [-0.4, -0.2) is 46.4 Å². The van der Waals surface area contributed by atoms with Crippen LogP contribution < -0.4 is 0 Å². The third-order valence-corrected chi connectivity index (χ3v) is 7.80. The van der Waals surface area contributed by atoms with Crippen LogP contribution in [0.25, 0.3) is 12.2 Å². The number of hydrogen-bond donors (Lipinski definition) is 0. The smallest absolute Gasteiger partial charge is 0.278 e. The molecular weight excluding hydrogens is 656 g/mol. The van der Waals surface area contributed by atoms with Gasteiger partial charge in [0.2, 0.25) is 0 Å². The minimum absolute atomic E-state index is 0.221. The van der Waals surface area contributed by atoms with Crippen molar-refractivity contribution >= 4 is 67.5 Å². The second kappa shape index (κ2) is 12.2. The maximum absolute atomic E-state index is 13.7. The van der Waals surface area contributed by atoms with Crippen LogP contribution in [0.15, 0.2) is 140 Å². The zero-order valence-electron chi connectivity index (χ0n) is 22.3. The van der Waals surface area contributed by atoms with Gasteiger partial charge in [-0.3, -0.25) is 19.4 Å². The highest BCUT2D eigenvalue weighted by Gasteiger charge is 2.35. The van der Waals surface area contributed by atoms with Crippen LogP contribution in [-0.2, 0) is 9.59 Å². The molecule has 0 spiro atoms. The number of amidine groups is 2. The van der Waals surface area contributed by atoms with Gasteiger partial charge >= 0.3 is 0 Å². The maximum atomic E-state index is 13.7. The Morgan fingerprint density at radius 3 is 1.33 bits per heavy atom. The summed E-state index contributed by atoms with van der Waals surface area (Å²) in [6.45, 7) is 0.460. The Balaban J connectivity index is 1.34. The lowest BCUT2D eigenvalue weighted by atomic mass is 10.1. The number of benzene rings is 4. The fourth-order valence-electron chi connectivity index (χ4n) is 4.83. The van der Waals surface area contributed by atoms with E-state index in [2.05, 4.69) is 31.9 Å². The normalized spacial score (nSPS) is 16.9. The first-order valence-electron chi connectivity index (χ1n) is 13.3. The van der Waals surface area contributed by atoms with Crippen molar-refractivity contribution in [2.24, 2.45) is 9.98 Å². The van der Waals surface area contributed by atoms with Crippen molar-refractivity contribution in [2.45, 2.75) is 0 Å². The lowest BCUT2D eigenvalue weighted by molar-refractivity contribution is -0.125. The molecule has 0 saturated carbocycles. The lowest BCUT2D eigenvalue weighted by Crippen LogP contribution is -2.42. The van der Waals surface area contributed by atoms with Gasteiger partial charge in [-0.1, -0.05) is 117 Å². The van der Waals surface area contributed by atoms with Crippen molar-refractivity contribution in [1.29, 1.82) is 0 Å². The first-order valence-corrected chi connectivity index (χ1v) is 14.9. The van der Waals surface area contributed by atoms with Gasteiger partial charge in [-0.2, -0.15) is 0 Å². The summed E-state index contributed by atoms with van der Waals surface area (Å²) in [7, 11) is 0. The molecule has 4 aromatic rings. The zero-order valence-corrected chi connectivity index (χ0v) is 25.5. The molecule has 2 aliphatic heterocycles. The number of carbonyl (C=O) groups is 2. The van der Waals surface area contributed by atoms with E-state index in [4.69, 9.17) is 9.98 Å². The van der Waals surface area contributed by atoms with Gasteiger partial charge in [0, 0.05) is 33.2 Å². The molecule has 42 heavy (non-hydrogen) atoms. The molecule has 0 unspecified atom stereocenters. The van der Waals surface area contributed by atoms with Crippen molar-refractivity contribution in [2.75, 3.05) is 13.1 Å². The molecule has 4 aromatic carbocycles. The largest absolute Gasteiger partial charge is 0.289 e. The minimum Gasteiger partial charge on any atom is -0.289 e. The van der Waals surface area contributed by atoms with Crippen LogP contribution in [0.1, 0.15) is 22.3 Å². The van der Waals surface area contributed by atoms with Gasteiger partial charge in [0.05, 0.1) is 0 Å². The molecule has 8 heteroatoms. The van der Waals surface area contributed by atoms with Crippen molar-refractivity contribution < 1.29 is 9.59 Å². The van der Waals surface area contributed by atoms with Gasteiger partial charge < -0.3 is 0 Å². The van der Waals surface area contributed by atoms with Crippen LogP contribution in [0, 0.1) is 0 Å². The number of hydrogen-bond acceptors (Lipinski definition) is 4. The molecule has 0 atom stereocenters. The molecule has 2 heterocycles. The van der Waals surface area contributed by atoms with Crippen LogP contribution in [0.4, 0.5) is 0 Å². The molecule has 0 radical (unpaired) electrons. The summed E-state index contributed by atoms with van der Waals surface area (Å²) in [6, 6.07) is 34.7. The van der Waals surface area contributed by atoms with Crippen molar-refractivity contribution in [3.8, 4) is 0 Å². The quantitative estimate of drug-likeness (QED) is 0.195. The Kier molecular flexibility index (Phi) is 8.08. The number of rotatable bonds is 7. The van der Waals surface area contributed by atoms with Gasteiger partial charge in [0.15, 0.2) is 0 Å². The van der Waals surface area contributed by atoms with Crippen LogP contribution in [0.3, 0.4) is 0 Å². The number of halogens is 2. The molecule has 0 aliphatic carbocycles. The molecule has 206 valence electrons. The third-order valence-electron chi connectivity index (χ3n) is 6.81. The van der Waals surface area contributed by atoms with Gasteiger partial charge in [-0.25, -0.2) is 9.98 Å². The van der Waals surface area contributed by atoms with E-state index in [1.165, 1.54) is 0 Å². The van der Waals surface area contributed by atoms with E-state index >= 15 is 0 Å². The third kappa shape index (κ3) is 5.95. The first kappa shape index (κ1) is 27.8. The topological polar surface area (TPSA) is 65.3 Å². The zero-order chi connectivity index (χ0) is 29.1. The van der Waals surface area contributed by atoms with Crippen LogP contribution in [0.2, 0.25) is 0 Å². The molecule has 0 fully saturated rings. The number of nitrogens with zero attached hydrogens (tertiary/aromatic N) is 4. The van der Waals surface area contributed by atoms with E-state index in [1.54, 1.807) is 22.0 Å². The number of amides is 2. The molecule has 0 N–H and O–H groups in total. The second-order valence-corrected chi connectivity index (χ2v) is 11.5. The summed E-state index contributed by atoms with van der Waals surface area (Å²) >= 11 is 7.07. The Bertz CT molecular complexity index is 1660. The molecule has 6 rings (SSSR count). The van der Waals surface area contributed by atoms with E-state index < -0.39 is 0 Å². The summed E-state index contributed by atoms with van der Waals surface area (Å²) in [5, 5.41) is 0. The molecule has 0 saturated heterocycles. The maximum Gasteiger partial charge on any atom is 0.278 e. The summed E-state index contributed by atoms with van der Waals surface area (Å²) in [6.07, 6.45) is 3.58. The lowest BCUT2D eigenvalue weighted by Gasteiger charge is -2.24. The molecule has 0 aromatic heterocycles. The van der Waals surface area contributed by atoms with E-state index in [9.17, 15) is 9.59 Å². The molecular formula is C34H24Br2N4O2. The van der Waals surface area contributed by atoms with Crippen LogP contribution >= 0.6 is 31.9 Å². The number of aliphatic imine (C=N–C) groups is 2. The predicted molar refractivity (Wildman–Crippen MR) is 174 cm³/mol. The highest BCUT2D eigenvalue weighted by molar-refractivity contribution is 9.10. The monoisotopic (exact) mass is 678 g/mol. The SMILES string of the molecule is O=C1C(=Cc2ccccc2)N=C(c2cccc(Br)c2)N1CCN1C(=O)C(=Cc2ccccc2)N=C1c1cccc(Br)c1. The van der Waals surface area contributed by atoms with Crippen molar-refractivity contribution in [3.63, 3.8) is 0 Å². The Hall–Kier alpha value is -4.40. The predicted octanol–water partition coefficient (Wildman–Crippen LogP) is 7.17.